The van der Waals surface area contributed by atoms with Gasteiger partial charge in [-0.25, -0.2) is 0 Å². The quantitative estimate of drug-likeness (QED) is 0.719. The Morgan fingerprint density at radius 3 is 1.94 bits per heavy atom. The molecule has 0 bridgehead atoms. The summed E-state index contributed by atoms with van der Waals surface area (Å²) in [6, 6.07) is 0. The van der Waals surface area contributed by atoms with Gasteiger partial charge in [0.25, 0.3) is 0 Å². The van der Waals surface area contributed by atoms with Crippen molar-refractivity contribution in [2.24, 2.45) is 23.2 Å². The van der Waals surface area contributed by atoms with E-state index in [0.717, 1.165) is 18.3 Å². The van der Waals surface area contributed by atoms with Crippen LogP contribution >= 0.6 is 0 Å². The van der Waals surface area contributed by atoms with Crippen LogP contribution in [0, 0.1) is 23.2 Å². The molecular formula is C14H27NO. The Morgan fingerprint density at radius 2 is 1.62 bits per heavy atom. The van der Waals surface area contributed by atoms with E-state index in [4.69, 9.17) is 0 Å². The van der Waals surface area contributed by atoms with Crippen molar-refractivity contribution in [3.05, 3.63) is 0 Å². The van der Waals surface area contributed by atoms with Gasteiger partial charge in [-0.15, -0.1) is 0 Å². The van der Waals surface area contributed by atoms with Gasteiger partial charge >= 0.3 is 0 Å². The molecule has 1 aliphatic carbocycles. The highest BCUT2D eigenvalue weighted by molar-refractivity contribution is 5.75. The average molecular weight is 225 g/mol. The SMILES string of the molecule is CC(C)C1(C(C)C)CC(CC(=O)N(C)C)C1. The summed E-state index contributed by atoms with van der Waals surface area (Å²) in [7, 11) is 3.69. The number of nitrogens with zero attached hydrogens (tertiary/aromatic N) is 1. The van der Waals surface area contributed by atoms with Crippen LogP contribution in [0.1, 0.15) is 47.0 Å². The molecule has 0 aromatic heterocycles. The fraction of sp³-hybridized carbons (Fsp3) is 0.929. The first-order chi connectivity index (χ1) is 7.29. The number of carbonyl (C=O) groups is 1. The summed E-state index contributed by atoms with van der Waals surface area (Å²) in [6.07, 6.45) is 3.22. The van der Waals surface area contributed by atoms with Gasteiger partial charge < -0.3 is 4.90 Å². The molecule has 0 aliphatic heterocycles. The van der Waals surface area contributed by atoms with Gasteiger partial charge in [0.1, 0.15) is 0 Å². The number of rotatable bonds is 4. The van der Waals surface area contributed by atoms with Crippen molar-refractivity contribution in [3.8, 4) is 0 Å². The summed E-state index contributed by atoms with van der Waals surface area (Å²) in [5.74, 6) is 2.38. The predicted octanol–water partition coefficient (Wildman–Crippen LogP) is 3.17. The van der Waals surface area contributed by atoms with Gasteiger partial charge in [-0.2, -0.15) is 0 Å². The Balaban J connectivity index is 2.49. The second-order valence-electron chi connectivity index (χ2n) is 6.31. The largest absolute Gasteiger partial charge is 0.349 e. The van der Waals surface area contributed by atoms with E-state index in [9.17, 15) is 4.79 Å². The third kappa shape index (κ3) is 2.41. The van der Waals surface area contributed by atoms with E-state index in [2.05, 4.69) is 27.7 Å². The van der Waals surface area contributed by atoms with Gasteiger partial charge in [0.2, 0.25) is 5.91 Å². The van der Waals surface area contributed by atoms with Crippen LogP contribution in [0.25, 0.3) is 0 Å². The van der Waals surface area contributed by atoms with Gasteiger partial charge in [-0.05, 0) is 36.0 Å². The Kier molecular flexibility index (Phi) is 4.03. The minimum atomic E-state index is 0.283. The second kappa shape index (κ2) is 4.77. The Bertz CT molecular complexity index is 239. The maximum Gasteiger partial charge on any atom is 0.222 e. The standard InChI is InChI=1S/C14H27NO/c1-10(2)14(11(3)4)8-12(9-14)7-13(16)15(5)6/h10-12H,7-9H2,1-6H3. The molecule has 2 heteroatoms. The molecule has 0 N–H and O–H groups in total. The van der Waals surface area contributed by atoms with Crippen LogP contribution in [0.5, 0.6) is 0 Å². The lowest BCUT2D eigenvalue weighted by molar-refractivity contribution is -0.133. The summed E-state index contributed by atoms with van der Waals surface area (Å²) in [4.78, 5) is 13.3. The normalized spacial score (nSPS) is 20.0. The Labute approximate surface area is 100 Å². The van der Waals surface area contributed by atoms with Crippen LogP contribution in [-0.4, -0.2) is 24.9 Å². The van der Waals surface area contributed by atoms with Gasteiger partial charge in [0.15, 0.2) is 0 Å². The Hall–Kier alpha value is -0.530. The topological polar surface area (TPSA) is 20.3 Å². The minimum absolute atomic E-state index is 0.283. The van der Waals surface area contributed by atoms with Crippen LogP contribution < -0.4 is 0 Å². The molecule has 1 fully saturated rings. The van der Waals surface area contributed by atoms with Crippen LogP contribution in [0.15, 0.2) is 0 Å². The molecule has 0 atom stereocenters. The monoisotopic (exact) mass is 225 g/mol. The highest BCUT2D eigenvalue weighted by atomic mass is 16.2. The molecule has 0 spiro atoms. The molecule has 0 saturated heterocycles. The maximum atomic E-state index is 11.6. The molecule has 1 saturated carbocycles. The third-order valence-electron chi connectivity index (χ3n) is 4.60. The first-order valence-electron chi connectivity index (χ1n) is 6.49. The molecular weight excluding hydrogens is 198 g/mol. The van der Waals surface area contributed by atoms with Gasteiger partial charge in [-0.1, -0.05) is 27.7 Å². The zero-order valence-electron chi connectivity index (χ0n) is 11.7. The van der Waals surface area contributed by atoms with E-state index in [-0.39, 0.29) is 5.91 Å². The maximum absolute atomic E-state index is 11.6. The van der Waals surface area contributed by atoms with E-state index < -0.39 is 0 Å². The third-order valence-corrected chi connectivity index (χ3v) is 4.60. The summed E-state index contributed by atoms with van der Waals surface area (Å²) in [5, 5.41) is 0. The first-order valence-corrected chi connectivity index (χ1v) is 6.49. The molecule has 0 heterocycles. The highest BCUT2D eigenvalue weighted by Gasteiger charge is 2.48. The zero-order chi connectivity index (χ0) is 12.5. The van der Waals surface area contributed by atoms with Crippen molar-refractivity contribution in [1.82, 2.24) is 4.90 Å². The van der Waals surface area contributed by atoms with Gasteiger partial charge in [0, 0.05) is 20.5 Å². The van der Waals surface area contributed by atoms with Crippen molar-refractivity contribution < 1.29 is 4.79 Å². The number of hydrogen-bond acceptors (Lipinski definition) is 1. The van der Waals surface area contributed by atoms with Crippen LogP contribution in [0.3, 0.4) is 0 Å². The molecule has 1 aliphatic rings. The lowest BCUT2D eigenvalue weighted by Gasteiger charge is -2.54. The van der Waals surface area contributed by atoms with Crippen molar-refractivity contribution in [2.45, 2.75) is 47.0 Å². The molecule has 0 aromatic rings. The average Bonchev–Trinajstić information content (AvgIpc) is 2.08. The molecule has 1 rings (SSSR count). The van der Waals surface area contributed by atoms with Crippen LogP contribution in [0.4, 0.5) is 0 Å². The summed E-state index contributed by atoms with van der Waals surface area (Å²) < 4.78 is 0. The highest BCUT2D eigenvalue weighted by Crippen LogP contribution is 2.56. The van der Waals surface area contributed by atoms with E-state index >= 15 is 0 Å². The van der Waals surface area contributed by atoms with Crippen LogP contribution in [0.2, 0.25) is 0 Å². The molecule has 0 radical (unpaired) electrons. The fourth-order valence-corrected chi connectivity index (χ4v) is 3.20. The van der Waals surface area contributed by atoms with Crippen molar-refractivity contribution in [3.63, 3.8) is 0 Å². The first kappa shape index (κ1) is 13.5. The smallest absolute Gasteiger partial charge is 0.222 e. The molecule has 94 valence electrons. The lowest BCUT2D eigenvalue weighted by Crippen LogP contribution is -2.46. The zero-order valence-corrected chi connectivity index (χ0v) is 11.7. The van der Waals surface area contributed by atoms with Crippen molar-refractivity contribution in [2.75, 3.05) is 14.1 Å². The molecule has 1 amide bonds. The van der Waals surface area contributed by atoms with Gasteiger partial charge in [-0.3, -0.25) is 4.79 Å². The van der Waals surface area contributed by atoms with E-state index in [1.54, 1.807) is 4.90 Å². The molecule has 2 nitrogen and oxygen atoms in total. The Morgan fingerprint density at radius 1 is 1.19 bits per heavy atom. The van der Waals surface area contributed by atoms with Crippen LogP contribution in [-0.2, 0) is 4.79 Å². The summed E-state index contributed by atoms with van der Waals surface area (Å²) in [5.41, 5.74) is 0.497. The molecule has 0 aromatic carbocycles. The molecule has 16 heavy (non-hydrogen) atoms. The number of carbonyl (C=O) groups excluding carboxylic acids is 1. The van der Waals surface area contributed by atoms with E-state index in [1.165, 1.54) is 12.8 Å². The van der Waals surface area contributed by atoms with Crippen molar-refractivity contribution in [1.29, 1.82) is 0 Å². The summed E-state index contributed by atoms with van der Waals surface area (Å²) in [6.45, 7) is 9.29. The number of amides is 1. The van der Waals surface area contributed by atoms with Gasteiger partial charge in [0.05, 0.1) is 0 Å². The summed E-state index contributed by atoms with van der Waals surface area (Å²) >= 11 is 0. The van der Waals surface area contributed by atoms with Crippen molar-refractivity contribution >= 4 is 5.91 Å². The second-order valence-corrected chi connectivity index (χ2v) is 6.31. The molecule has 0 unspecified atom stereocenters. The number of hydrogen-bond donors (Lipinski definition) is 0. The lowest BCUT2D eigenvalue weighted by atomic mass is 9.51. The fourth-order valence-electron chi connectivity index (χ4n) is 3.20. The minimum Gasteiger partial charge on any atom is -0.349 e. The predicted molar refractivity (Wildman–Crippen MR) is 68.1 cm³/mol. The van der Waals surface area contributed by atoms with E-state index in [0.29, 0.717) is 11.3 Å². The van der Waals surface area contributed by atoms with E-state index in [1.807, 2.05) is 14.1 Å².